The van der Waals surface area contributed by atoms with E-state index in [0.717, 1.165) is 50.1 Å². The molecule has 12 rings (SSSR count). The van der Waals surface area contributed by atoms with Gasteiger partial charge in [-0.25, -0.2) is 0 Å². The zero-order valence-electron chi connectivity index (χ0n) is 33.9. The van der Waals surface area contributed by atoms with Gasteiger partial charge in [-0.05, 0) is 132 Å². The lowest BCUT2D eigenvalue weighted by Gasteiger charge is -2.28. The molecule has 62 heavy (non-hydrogen) atoms. The maximum atomic E-state index is 6.44. The number of fused-ring (bicyclic) bond motifs is 6. The molecule has 0 unspecified atom stereocenters. The largest absolute Gasteiger partial charge is 0.456 e. The third kappa shape index (κ3) is 6.20. The molecule has 0 radical (unpaired) electrons. The van der Waals surface area contributed by atoms with Crippen LogP contribution < -0.4 is 4.90 Å². The minimum absolute atomic E-state index is 0.885. The van der Waals surface area contributed by atoms with Crippen molar-refractivity contribution in [2.24, 2.45) is 0 Å². The van der Waals surface area contributed by atoms with Crippen molar-refractivity contribution in [2.75, 3.05) is 4.90 Å². The van der Waals surface area contributed by atoms with Crippen molar-refractivity contribution in [3.05, 3.63) is 237 Å². The SMILES string of the molecule is c1cc(-c2ccc(N(c3cccc(-c4cccc5ccccc45)c3)c3ccccc3-c3ccc4oc5cc6ccccc6cc5c4c3)cc2)cc(-c2cccc3ccccc23)c1. The summed E-state index contributed by atoms with van der Waals surface area (Å²) < 4.78 is 6.44. The predicted octanol–water partition coefficient (Wildman–Crippen LogP) is 17.2. The van der Waals surface area contributed by atoms with Gasteiger partial charge in [-0.2, -0.15) is 0 Å². The number of nitrogens with zero attached hydrogens (tertiary/aromatic N) is 1. The summed E-state index contributed by atoms with van der Waals surface area (Å²) in [5, 5.41) is 9.59. The molecule has 0 amide bonds. The van der Waals surface area contributed by atoms with Gasteiger partial charge in [0.2, 0.25) is 0 Å². The van der Waals surface area contributed by atoms with Crippen LogP contribution in [-0.2, 0) is 0 Å². The van der Waals surface area contributed by atoms with Gasteiger partial charge in [-0.3, -0.25) is 0 Å². The van der Waals surface area contributed by atoms with Gasteiger partial charge < -0.3 is 9.32 Å². The molecule has 0 aliphatic carbocycles. The Balaban J connectivity index is 0.999. The first-order valence-electron chi connectivity index (χ1n) is 21.2. The summed E-state index contributed by atoms with van der Waals surface area (Å²) in [6, 6.07) is 85.6. The first kappa shape index (κ1) is 35.7. The van der Waals surface area contributed by atoms with Crippen molar-refractivity contribution in [1.29, 1.82) is 0 Å². The summed E-state index contributed by atoms with van der Waals surface area (Å²) in [5.41, 5.74) is 14.5. The number of hydrogen-bond acceptors (Lipinski definition) is 2. The smallest absolute Gasteiger partial charge is 0.136 e. The van der Waals surface area contributed by atoms with Crippen LogP contribution in [0.4, 0.5) is 17.1 Å². The summed E-state index contributed by atoms with van der Waals surface area (Å²) in [6.45, 7) is 0. The van der Waals surface area contributed by atoms with Crippen molar-refractivity contribution in [3.8, 4) is 44.5 Å². The molecule has 0 atom stereocenters. The van der Waals surface area contributed by atoms with Crippen LogP contribution in [0.3, 0.4) is 0 Å². The average molecular weight is 790 g/mol. The lowest BCUT2D eigenvalue weighted by Crippen LogP contribution is -2.11. The minimum atomic E-state index is 0.885. The van der Waals surface area contributed by atoms with Crippen LogP contribution in [0.25, 0.3) is 98.8 Å². The first-order valence-corrected chi connectivity index (χ1v) is 21.2. The van der Waals surface area contributed by atoms with Gasteiger partial charge in [0.25, 0.3) is 0 Å². The zero-order valence-corrected chi connectivity index (χ0v) is 33.9. The highest BCUT2D eigenvalue weighted by Crippen LogP contribution is 2.44. The van der Waals surface area contributed by atoms with Gasteiger partial charge in [0.1, 0.15) is 11.2 Å². The van der Waals surface area contributed by atoms with E-state index in [1.165, 1.54) is 65.7 Å². The van der Waals surface area contributed by atoms with Crippen LogP contribution in [0.1, 0.15) is 0 Å². The van der Waals surface area contributed by atoms with Gasteiger partial charge >= 0.3 is 0 Å². The molecular formula is C60H39NO. The lowest BCUT2D eigenvalue weighted by molar-refractivity contribution is 0.669. The fraction of sp³-hybridized carbons (Fsp3) is 0. The third-order valence-electron chi connectivity index (χ3n) is 12.4. The summed E-state index contributed by atoms with van der Waals surface area (Å²) in [4.78, 5) is 2.41. The van der Waals surface area contributed by atoms with E-state index >= 15 is 0 Å². The lowest BCUT2D eigenvalue weighted by atomic mass is 9.95. The molecule has 11 aromatic carbocycles. The maximum Gasteiger partial charge on any atom is 0.136 e. The highest BCUT2D eigenvalue weighted by Gasteiger charge is 2.20. The molecule has 0 saturated carbocycles. The van der Waals surface area contributed by atoms with Gasteiger partial charge in [-0.1, -0.05) is 176 Å². The number of benzene rings is 11. The number of para-hydroxylation sites is 1. The van der Waals surface area contributed by atoms with Crippen LogP contribution in [-0.4, -0.2) is 0 Å². The average Bonchev–Trinajstić information content (AvgIpc) is 3.70. The van der Waals surface area contributed by atoms with Crippen molar-refractivity contribution in [1.82, 2.24) is 0 Å². The second kappa shape index (κ2) is 14.8. The fourth-order valence-electron chi connectivity index (χ4n) is 9.41. The molecular weight excluding hydrogens is 751 g/mol. The van der Waals surface area contributed by atoms with Crippen molar-refractivity contribution in [3.63, 3.8) is 0 Å². The summed E-state index contributed by atoms with van der Waals surface area (Å²) >= 11 is 0. The van der Waals surface area contributed by atoms with Crippen LogP contribution >= 0.6 is 0 Å². The Hall–Kier alpha value is -8.20. The van der Waals surface area contributed by atoms with Crippen LogP contribution in [0.15, 0.2) is 241 Å². The van der Waals surface area contributed by atoms with Crippen molar-refractivity contribution >= 4 is 71.3 Å². The third-order valence-corrected chi connectivity index (χ3v) is 12.4. The quantitative estimate of drug-likeness (QED) is 0.160. The van der Waals surface area contributed by atoms with Gasteiger partial charge in [-0.15, -0.1) is 0 Å². The summed E-state index contributed by atoms with van der Waals surface area (Å²) in [7, 11) is 0. The molecule has 1 aromatic heterocycles. The number of furan rings is 1. The standard InChI is InChI=1S/C60H39NO/c1-2-16-45-39-60-57(37-44(45)15-1)56-38-48(31-34-59(56)62-60)55-25-7-8-28-58(55)61(50-22-10-21-47(36-50)54-27-12-18-42-14-4-6-24-52(42)54)49-32-29-40(30-33-49)43-19-9-20-46(35-43)53-26-11-17-41-13-3-5-23-51(41)53/h1-39H. The molecule has 0 spiro atoms. The van der Waals surface area contributed by atoms with Crippen LogP contribution in [0.5, 0.6) is 0 Å². The molecule has 2 heteroatoms. The Morgan fingerprint density at radius 2 is 0.774 bits per heavy atom. The Kier molecular flexibility index (Phi) is 8.53. The van der Waals surface area contributed by atoms with E-state index in [9.17, 15) is 0 Å². The van der Waals surface area contributed by atoms with E-state index in [1.807, 2.05) is 0 Å². The topological polar surface area (TPSA) is 16.4 Å². The molecule has 2 nitrogen and oxygen atoms in total. The second-order valence-electron chi connectivity index (χ2n) is 16.1. The monoisotopic (exact) mass is 789 g/mol. The molecule has 0 N–H and O–H groups in total. The van der Waals surface area contributed by atoms with E-state index in [0.29, 0.717) is 0 Å². The minimum Gasteiger partial charge on any atom is -0.456 e. The van der Waals surface area contributed by atoms with E-state index in [4.69, 9.17) is 4.42 Å². The molecule has 12 aromatic rings. The normalized spacial score (nSPS) is 11.5. The van der Waals surface area contributed by atoms with Crippen LogP contribution in [0.2, 0.25) is 0 Å². The molecule has 0 aliphatic rings. The highest BCUT2D eigenvalue weighted by molar-refractivity contribution is 6.11. The molecule has 290 valence electrons. The van der Waals surface area contributed by atoms with E-state index in [-0.39, 0.29) is 0 Å². The Morgan fingerprint density at radius 3 is 1.52 bits per heavy atom. The predicted molar refractivity (Wildman–Crippen MR) is 263 cm³/mol. The Labute approximate surface area is 360 Å². The molecule has 0 saturated heterocycles. The van der Waals surface area contributed by atoms with Gasteiger partial charge in [0, 0.05) is 27.7 Å². The second-order valence-corrected chi connectivity index (χ2v) is 16.1. The fourth-order valence-corrected chi connectivity index (χ4v) is 9.41. The van der Waals surface area contributed by atoms with Crippen LogP contribution in [0, 0.1) is 0 Å². The summed E-state index contributed by atoms with van der Waals surface area (Å²) in [5.74, 6) is 0. The van der Waals surface area contributed by atoms with Crippen molar-refractivity contribution in [2.45, 2.75) is 0 Å². The number of hydrogen-bond donors (Lipinski definition) is 0. The summed E-state index contributed by atoms with van der Waals surface area (Å²) in [6.07, 6.45) is 0. The molecule has 1 heterocycles. The zero-order chi connectivity index (χ0) is 41.0. The van der Waals surface area contributed by atoms with E-state index in [1.54, 1.807) is 0 Å². The molecule has 0 bridgehead atoms. The van der Waals surface area contributed by atoms with Gasteiger partial charge in [0.05, 0.1) is 5.69 Å². The Bertz CT molecular complexity index is 3640. The molecule has 0 fully saturated rings. The number of anilines is 3. The van der Waals surface area contributed by atoms with Crippen molar-refractivity contribution < 1.29 is 4.42 Å². The highest BCUT2D eigenvalue weighted by atomic mass is 16.3. The number of rotatable bonds is 7. The Morgan fingerprint density at radius 1 is 0.258 bits per heavy atom. The maximum absolute atomic E-state index is 6.44. The van der Waals surface area contributed by atoms with E-state index in [2.05, 4.69) is 241 Å². The first-order chi connectivity index (χ1) is 30.7. The molecule has 0 aliphatic heterocycles. The van der Waals surface area contributed by atoms with E-state index < -0.39 is 0 Å². The van der Waals surface area contributed by atoms with Gasteiger partial charge in [0.15, 0.2) is 0 Å².